The minimum Gasteiger partial charge on any atom is -0.330 e. The van der Waals surface area contributed by atoms with Gasteiger partial charge in [-0.05, 0) is 44.7 Å². The summed E-state index contributed by atoms with van der Waals surface area (Å²) in [5.74, 6) is 0. The highest BCUT2D eigenvalue weighted by atomic mass is 32.1. The molecule has 0 amide bonds. The molecule has 0 bridgehead atoms. The molecule has 1 aliphatic carbocycles. The molecule has 3 N–H and O–H groups in total. The molecule has 1 aliphatic rings. The maximum Gasteiger partial charge on any atom is 0.0897 e. The summed E-state index contributed by atoms with van der Waals surface area (Å²) < 4.78 is 0. The third-order valence-electron chi connectivity index (χ3n) is 3.65. The van der Waals surface area contributed by atoms with Gasteiger partial charge in [-0.15, -0.1) is 11.3 Å². The maximum atomic E-state index is 5.83. The molecule has 1 aromatic rings. The van der Waals surface area contributed by atoms with E-state index in [0.29, 0.717) is 5.41 Å². The highest BCUT2D eigenvalue weighted by Gasteiger charge is 2.34. The molecule has 0 aliphatic heterocycles. The molecule has 1 saturated carbocycles. The van der Waals surface area contributed by atoms with E-state index in [9.17, 15) is 0 Å². The second-order valence-corrected chi connectivity index (χ2v) is 5.90. The van der Waals surface area contributed by atoms with Crippen molar-refractivity contribution < 1.29 is 0 Å². The lowest BCUT2D eigenvalue weighted by molar-refractivity contribution is 0.130. The lowest BCUT2D eigenvalue weighted by Crippen LogP contribution is -2.39. The molecule has 0 radical (unpaired) electrons. The van der Waals surface area contributed by atoms with Crippen LogP contribution in [0.1, 0.15) is 36.4 Å². The maximum absolute atomic E-state index is 5.83. The summed E-state index contributed by atoms with van der Waals surface area (Å²) in [6, 6.07) is 0. The number of aromatic nitrogens is 1. The molecule has 1 fully saturated rings. The van der Waals surface area contributed by atoms with Gasteiger partial charge in [-0.2, -0.15) is 0 Å². The molecular formula is C12H21N3S. The molecule has 0 spiro atoms. The van der Waals surface area contributed by atoms with Gasteiger partial charge in [0.15, 0.2) is 0 Å². The number of hydrogen-bond acceptors (Lipinski definition) is 4. The number of aryl methyl sites for hydroxylation is 1. The Morgan fingerprint density at radius 3 is 2.88 bits per heavy atom. The van der Waals surface area contributed by atoms with Crippen LogP contribution in [0.3, 0.4) is 0 Å². The van der Waals surface area contributed by atoms with Crippen molar-refractivity contribution in [2.75, 3.05) is 13.1 Å². The van der Waals surface area contributed by atoms with Crippen molar-refractivity contribution in [2.45, 2.75) is 39.2 Å². The molecule has 0 unspecified atom stereocenters. The lowest BCUT2D eigenvalue weighted by atomic mass is 9.67. The molecule has 3 nitrogen and oxygen atoms in total. The van der Waals surface area contributed by atoms with Crippen LogP contribution in [0.15, 0.2) is 5.38 Å². The van der Waals surface area contributed by atoms with Gasteiger partial charge in [0, 0.05) is 11.9 Å². The third kappa shape index (κ3) is 2.81. The summed E-state index contributed by atoms with van der Waals surface area (Å²) in [4.78, 5) is 4.43. The standard InChI is InChI=1S/C12H21N3S/c1-10-15-11(8-16-10)7-14-6-5-12(9-13)3-2-4-12/h8,14H,2-7,9,13H2,1H3. The molecule has 0 saturated heterocycles. The van der Waals surface area contributed by atoms with Crippen molar-refractivity contribution >= 4 is 11.3 Å². The SMILES string of the molecule is Cc1nc(CNCCC2(CN)CCC2)cs1. The zero-order chi connectivity index (χ0) is 11.4. The molecule has 90 valence electrons. The topological polar surface area (TPSA) is 50.9 Å². The van der Waals surface area contributed by atoms with Crippen LogP contribution in [0.2, 0.25) is 0 Å². The van der Waals surface area contributed by atoms with Gasteiger partial charge >= 0.3 is 0 Å². The fourth-order valence-electron chi connectivity index (χ4n) is 2.29. The number of nitrogens with two attached hydrogens (primary N) is 1. The average molecular weight is 239 g/mol. The Morgan fingerprint density at radius 2 is 2.38 bits per heavy atom. The Kier molecular flexibility index (Phi) is 3.95. The van der Waals surface area contributed by atoms with E-state index in [2.05, 4.69) is 15.7 Å². The first-order valence-corrected chi connectivity index (χ1v) is 6.94. The quantitative estimate of drug-likeness (QED) is 0.747. The van der Waals surface area contributed by atoms with Crippen molar-refractivity contribution in [1.82, 2.24) is 10.3 Å². The van der Waals surface area contributed by atoms with Crippen molar-refractivity contribution in [3.63, 3.8) is 0 Å². The van der Waals surface area contributed by atoms with Crippen molar-refractivity contribution in [3.05, 3.63) is 16.1 Å². The van der Waals surface area contributed by atoms with Crippen molar-refractivity contribution in [1.29, 1.82) is 0 Å². The normalized spacial score (nSPS) is 18.4. The van der Waals surface area contributed by atoms with E-state index >= 15 is 0 Å². The van der Waals surface area contributed by atoms with E-state index in [1.165, 1.54) is 25.7 Å². The molecule has 2 rings (SSSR count). The Bertz CT molecular complexity index is 325. The summed E-state index contributed by atoms with van der Waals surface area (Å²) >= 11 is 1.72. The van der Waals surface area contributed by atoms with Crippen LogP contribution in [0, 0.1) is 12.3 Å². The molecule has 0 aromatic carbocycles. The molecular weight excluding hydrogens is 218 g/mol. The summed E-state index contributed by atoms with van der Waals surface area (Å²) in [6.07, 6.45) is 5.22. The van der Waals surface area contributed by atoms with E-state index < -0.39 is 0 Å². The van der Waals surface area contributed by atoms with Crippen LogP contribution in [-0.4, -0.2) is 18.1 Å². The summed E-state index contributed by atoms with van der Waals surface area (Å²) in [5, 5.41) is 6.74. The van der Waals surface area contributed by atoms with E-state index in [1.807, 2.05) is 6.92 Å². The Balaban J connectivity index is 1.65. The summed E-state index contributed by atoms with van der Waals surface area (Å²) in [7, 11) is 0. The first-order chi connectivity index (χ1) is 7.74. The Hall–Kier alpha value is -0.450. The fraction of sp³-hybridized carbons (Fsp3) is 0.750. The molecule has 1 heterocycles. The van der Waals surface area contributed by atoms with E-state index in [-0.39, 0.29) is 0 Å². The first-order valence-electron chi connectivity index (χ1n) is 6.06. The van der Waals surface area contributed by atoms with Crippen LogP contribution in [-0.2, 0) is 6.54 Å². The molecule has 1 aromatic heterocycles. The molecule has 4 heteroatoms. The van der Waals surface area contributed by atoms with E-state index in [4.69, 9.17) is 5.73 Å². The number of nitrogens with one attached hydrogen (secondary N) is 1. The highest BCUT2D eigenvalue weighted by Crippen LogP contribution is 2.42. The van der Waals surface area contributed by atoms with Gasteiger partial charge in [0.2, 0.25) is 0 Å². The lowest BCUT2D eigenvalue weighted by Gasteiger charge is -2.41. The molecule has 0 atom stereocenters. The minimum atomic E-state index is 0.463. The van der Waals surface area contributed by atoms with Gasteiger partial charge in [0.1, 0.15) is 0 Å². The number of hydrogen-bond donors (Lipinski definition) is 2. The van der Waals surface area contributed by atoms with Crippen LogP contribution < -0.4 is 11.1 Å². The monoisotopic (exact) mass is 239 g/mol. The summed E-state index contributed by atoms with van der Waals surface area (Å²) in [6.45, 7) is 4.86. The fourth-order valence-corrected chi connectivity index (χ4v) is 2.90. The largest absolute Gasteiger partial charge is 0.330 e. The Morgan fingerprint density at radius 1 is 1.56 bits per heavy atom. The van der Waals surface area contributed by atoms with E-state index in [0.717, 1.165) is 30.3 Å². The second-order valence-electron chi connectivity index (χ2n) is 4.84. The number of thiazole rings is 1. The highest BCUT2D eigenvalue weighted by molar-refractivity contribution is 7.09. The van der Waals surface area contributed by atoms with E-state index in [1.54, 1.807) is 11.3 Å². The third-order valence-corrected chi connectivity index (χ3v) is 4.47. The van der Waals surface area contributed by atoms with Crippen LogP contribution in [0.25, 0.3) is 0 Å². The van der Waals surface area contributed by atoms with Crippen molar-refractivity contribution in [3.8, 4) is 0 Å². The second kappa shape index (κ2) is 5.25. The zero-order valence-corrected chi connectivity index (χ0v) is 10.8. The van der Waals surface area contributed by atoms with Gasteiger partial charge in [-0.25, -0.2) is 4.98 Å². The van der Waals surface area contributed by atoms with Crippen LogP contribution in [0.5, 0.6) is 0 Å². The van der Waals surface area contributed by atoms with Crippen molar-refractivity contribution in [2.24, 2.45) is 11.1 Å². The van der Waals surface area contributed by atoms with Gasteiger partial charge in [0.25, 0.3) is 0 Å². The predicted octanol–water partition coefficient (Wildman–Crippen LogP) is 2.06. The smallest absolute Gasteiger partial charge is 0.0897 e. The number of nitrogens with zero attached hydrogens (tertiary/aromatic N) is 1. The minimum absolute atomic E-state index is 0.463. The molecule has 16 heavy (non-hydrogen) atoms. The van der Waals surface area contributed by atoms with Crippen LogP contribution in [0.4, 0.5) is 0 Å². The van der Waals surface area contributed by atoms with Crippen LogP contribution >= 0.6 is 11.3 Å². The number of rotatable bonds is 6. The first kappa shape index (κ1) is 12.0. The summed E-state index contributed by atoms with van der Waals surface area (Å²) in [5.41, 5.74) is 7.46. The Labute approximate surface area is 101 Å². The average Bonchev–Trinajstić information content (AvgIpc) is 2.62. The van der Waals surface area contributed by atoms with Gasteiger partial charge in [0.05, 0.1) is 10.7 Å². The van der Waals surface area contributed by atoms with Gasteiger partial charge in [-0.3, -0.25) is 0 Å². The van der Waals surface area contributed by atoms with Gasteiger partial charge in [-0.1, -0.05) is 6.42 Å². The zero-order valence-electron chi connectivity index (χ0n) is 9.96. The predicted molar refractivity (Wildman–Crippen MR) is 68.5 cm³/mol. The van der Waals surface area contributed by atoms with Gasteiger partial charge < -0.3 is 11.1 Å².